The number of aromatic nitrogens is 4. The Morgan fingerprint density at radius 1 is 1.03 bits per heavy atom. The molecule has 0 saturated heterocycles. The molecule has 182 valence electrons. The van der Waals surface area contributed by atoms with Crippen LogP contribution in [0.3, 0.4) is 0 Å². The summed E-state index contributed by atoms with van der Waals surface area (Å²) in [4.78, 5) is 12.1. The van der Waals surface area contributed by atoms with Crippen molar-refractivity contribution in [2.45, 2.75) is 60.3 Å². The quantitative estimate of drug-likeness (QED) is 0.330. The van der Waals surface area contributed by atoms with E-state index in [1.165, 1.54) is 20.9 Å². The molecule has 4 aromatic heterocycles. The molecular formula is C25H32N4O3S2. The Labute approximate surface area is 205 Å². The monoisotopic (exact) mass is 500 g/mol. The molecule has 1 N–H and O–H groups in total. The SMILES string of the molecule is CCC(CC)c1cc(C)nn2c(-c3sc(-c4cccc(C)n4)cc3C)c(C)nc12.CS(=O)(=O)O. The Hall–Kier alpha value is -2.62. The van der Waals surface area contributed by atoms with E-state index >= 15 is 0 Å². The maximum atomic E-state index is 9.19. The van der Waals surface area contributed by atoms with Crippen LogP contribution in [0.4, 0.5) is 0 Å². The van der Waals surface area contributed by atoms with Crippen molar-refractivity contribution in [2.24, 2.45) is 0 Å². The van der Waals surface area contributed by atoms with Crippen molar-refractivity contribution in [3.8, 4) is 21.1 Å². The minimum Gasteiger partial charge on any atom is -0.286 e. The van der Waals surface area contributed by atoms with E-state index in [1.54, 1.807) is 11.3 Å². The molecule has 4 rings (SSSR count). The van der Waals surface area contributed by atoms with E-state index in [0.29, 0.717) is 12.2 Å². The van der Waals surface area contributed by atoms with Crippen molar-refractivity contribution in [2.75, 3.05) is 6.26 Å². The van der Waals surface area contributed by atoms with Crippen LogP contribution in [0.15, 0.2) is 30.3 Å². The van der Waals surface area contributed by atoms with Gasteiger partial charge in [-0.3, -0.25) is 9.54 Å². The van der Waals surface area contributed by atoms with Crippen LogP contribution in [0.2, 0.25) is 0 Å². The van der Waals surface area contributed by atoms with Gasteiger partial charge in [0.15, 0.2) is 5.65 Å². The van der Waals surface area contributed by atoms with E-state index < -0.39 is 10.1 Å². The normalized spacial score (nSPS) is 11.7. The van der Waals surface area contributed by atoms with Gasteiger partial charge in [0.25, 0.3) is 10.1 Å². The van der Waals surface area contributed by atoms with Gasteiger partial charge in [-0.2, -0.15) is 13.5 Å². The van der Waals surface area contributed by atoms with Crippen LogP contribution < -0.4 is 0 Å². The second kappa shape index (κ2) is 10.3. The minimum atomic E-state index is -3.67. The highest BCUT2D eigenvalue weighted by Crippen LogP contribution is 2.39. The molecule has 0 aliphatic carbocycles. The lowest BCUT2D eigenvalue weighted by atomic mass is 9.95. The molecule has 0 atom stereocenters. The summed E-state index contributed by atoms with van der Waals surface area (Å²) in [6.07, 6.45) is 2.93. The molecule has 9 heteroatoms. The first kappa shape index (κ1) is 26.0. The predicted octanol–water partition coefficient (Wildman–Crippen LogP) is 6.16. The maximum Gasteiger partial charge on any atom is 0.261 e. The lowest BCUT2D eigenvalue weighted by Crippen LogP contribution is -2.05. The Morgan fingerprint density at radius 2 is 1.68 bits per heavy atom. The molecule has 7 nitrogen and oxygen atoms in total. The number of hydrogen-bond acceptors (Lipinski definition) is 6. The topological polar surface area (TPSA) is 97.5 Å². The first-order valence-corrected chi connectivity index (χ1v) is 13.9. The van der Waals surface area contributed by atoms with Crippen LogP contribution in [0.25, 0.3) is 26.8 Å². The van der Waals surface area contributed by atoms with E-state index in [4.69, 9.17) is 19.6 Å². The van der Waals surface area contributed by atoms with Crippen molar-refractivity contribution in [1.29, 1.82) is 0 Å². The van der Waals surface area contributed by atoms with E-state index in [1.807, 2.05) is 13.0 Å². The van der Waals surface area contributed by atoms with E-state index in [-0.39, 0.29) is 0 Å². The number of aryl methyl sites for hydroxylation is 4. The average Bonchev–Trinajstić information content (AvgIpc) is 3.26. The fraction of sp³-hybridized carbons (Fsp3) is 0.400. The van der Waals surface area contributed by atoms with E-state index in [2.05, 4.69) is 63.4 Å². The summed E-state index contributed by atoms with van der Waals surface area (Å²) in [5.41, 5.74) is 8.79. The third-order valence-corrected chi connectivity index (χ3v) is 6.87. The number of hydrogen-bond donors (Lipinski definition) is 1. The molecule has 4 heterocycles. The largest absolute Gasteiger partial charge is 0.286 e. The zero-order valence-electron chi connectivity index (χ0n) is 20.7. The van der Waals surface area contributed by atoms with Crippen LogP contribution in [0.1, 0.15) is 60.8 Å². The van der Waals surface area contributed by atoms with Crippen LogP contribution in [0, 0.1) is 27.7 Å². The van der Waals surface area contributed by atoms with Crippen molar-refractivity contribution in [3.05, 3.63) is 58.5 Å². The van der Waals surface area contributed by atoms with Gasteiger partial charge in [-0.05, 0) is 76.3 Å². The van der Waals surface area contributed by atoms with Crippen molar-refractivity contribution in [1.82, 2.24) is 19.6 Å². The number of rotatable bonds is 5. The summed E-state index contributed by atoms with van der Waals surface area (Å²) in [6, 6.07) is 10.6. The number of fused-ring (bicyclic) bond motifs is 1. The van der Waals surface area contributed by atoms with Crippen LogP contribution in [0.5, 0.6) is 0 Å². The third kappa shape index (κ3) is 5.89. The van der Waals surface area contributed by atoms with Crippen LogP contribution >= 0.6 is 11.3 Å². The standard InChI is InChI=1S/C24H28N4S.CH4O3S/c1-7-18(8-2)19-13-16(5)27-28-22(17(6)26-24(19)28)23-14(3)12-21(29-23)20-11-9-10-15(4)25-20;1-5(2,3)4/h9-13,18H,7-8H2,1-6H3;1H3,(H,2,3,4). The van der Waals surface area contributed by atoms with Crippen LogP contribution in [-0.2, 0) is 10.1 Å². The highest BCUT2D eigenvalue weighted by molar-refractivity contribution is 7.85. The van der Waals surface area contributed by atoms with Gasteiger partial charge < -0.3 is 0 Å². The van der Waals surface area contributed by atoms with Gasteiger partial charge >= 0.3 is 0 Å². The maximum absolute atomic E-state index is 9.19. The summed E-state index contributed by atoms with van der Waals surface area (Å²) in [6.45, 7) is 12.9. The Kier molecular flexibility index (Phi) is 7.90. The Balaban J connectivity index is 0.000000588. The number of imidazole rings is 1. The summed E-state index contributed by atoms with van der Waals surface area (Å²) in [5, 5.41) is 4.87. The van der Waals surface area contributed by atoms with Gasteiger partial charge in [0.05, 0.1) is 33.1 Å². The molecule has 0 radical (unpaired) electrons. The number of nitrogens with zero attached hydrogens (tertiary/aromatic N) is 4. The third-order valence-electron chi connectivity index (χ3n) is 5.61. The zero-order chi connectivity index (χ0) is 25.2. The highest BCUT2D eigenvalue weighted by Gasteiger charge is 2.22. The molecule has 0 aliphatic heterocycles. The van der Waals surface area contributed by atoms with Gasteiger partial charge in [0.1, 0.15) is 5.69 Å². The van der Waals surface area contributed by atoms with Crippen molar-refractivity contribution < 1.29 is 13.0 Å². The van der Waals surface area contributed by atoms with Gasteiger partial charge in [-0.1, -0.05) is 19.9 Å². The fourth-order valence-electron chi connectivity index (χ4n) is 4.09. The second-order valence-corrected chi connectivity index (χ2v) is 11.1. The molecule has 4 aromatic rings. The molecule has 0 unspecified atom stereocenters. The summed E-state index contributed by atoms with van der Waals surface area (Å²) in [7, 11) is -3.67. The molecule has 0 saturated carbocycles. The lowest BCUT2D eigenvalue weighted by molar-refractivity contribution is 0.490. The minimum absolute atomic E-state index is 0.505. The fourth-order valence-corrected chi connectivity index (χ4v) is 5.32. The Bertz CT molecular complexity index is 1410. The molecule has 0 aromatic carbocycles. The van der Waals surface area contributed by atoms with Crippen LogP contribution in [-0.4, -0.2) is 38.8 Å². The molecule has 0 bridgehead atoms. The predicted molar refractivity (Wildman–Crippen MR) is 139 cm³/mol. The van der Waals surface area contributed by atoms with Gasteiger partial charge in [-0.25, -0.2) is 9.50 Å². The Morgan fingerprint density at radius 3 is 2.26 bits per heavy atom. The second-order valence-electron chi connectivity index (χ2n) is 8.56. The van der Waals surface area contributed by atoms with E-state index in [0.717, 1.165) is 47.0 Å². The molecular weight excluding hydrogens is 468 g/mol. The molecule has 0 fully saturated rings. The van der Waals surface area contributed by atoms with Gasteiger partial charge in [0.2, 0.25) is 0 Å². The molecule has 0 aliphatic rings. The first-order valence-electron chi connectivity index (χ1n) is 11.3. The van der Waals surface area contributed by atoms with E-state index in [9.17, 15) is 8.42 Å². The summed E-state index contributed by atoms with van der Waals surface area (Å²) >= 11 is 1.78. The average molecular weight is 501 g/mol. The zero-order valence-corrected chi connectivity index (χ0v) is 22.4. The molecule has 0 amide bonds. The summed E-state index contributed by atoms with van der Waals surface area (Å²) < 4.78 is 27.9. The van der Waals surface area contributed by atoms with Crippen molar-refractivity contribution >= 4 is 27.1 Å². The van der Waals surface area contributed by atoms with Crippen molar-refractivity contribution in [3.63, 3.8) is 0 Å². The lowest BCUT2D eigenvalue weighted by Gasteiger charge is -2.14. The van der Waals surface area contributed by atoms with Gasteiger partial charge in [-0.15, -0.1) is 11.3 Å². The smallest absolute Gasteiger partial charge is 0.261 e. The summed E-state index contributed by atoms with van der Waals surface area (Å²) in [5.74, 6) is 0.505. The molecule has 0 spiro atoms. The number of pyridine rings is 1. The van der Waals surface area contributed by atoms with Gasteiger partial charge in [0, 0.05) is 11.3 Å². The number of thiophene rings is 1. The molecule has 34 heavy (non-hydrogen) atoms. The first-order chi connectivity index (χ1) is 15.9. The highest BCUT2D eigenvalue weighted by atomic mass is 32.2.